The van der Waals surface area contributed by atoms with Crippen LogP contribution in [0.25, 0.3) is 0 Å². The highest BCUT2D eigenvalue weighted by atomic mass is 16.5. The first-order valence-electron chi connectivity index (χ1n) is 5.30. The van der Waals surface area contributed by atoms with Crippen molar-refractivity contribution in [1.29, 1.82) is 0 Å². The highest BCUT2D eigenvalue weighted by molar-refractivity contribution is 5.81. The topological polar surface area (TPSA) is 38.8 Å². The summed E-state index contributed by atoms with van der Waals surface area (Å²) >= 11 is 0. The van der Waals surface area contributed by atoms with Gasteiger partial charge in [0.2, 0.25) is 0 Å². The van der Waals surface area contributed by atoms with Gasteiger partial charge in [-0.3, -0.25) is 4.90 Å². The van der Waals surface area contributed by atoms with E-state index in [1.807, 2.05) is 6.08 Å². The minimum atomic E-state index is -0.288. The number of ether oxygens (including phenoxy) is 2. The summed E-state index contributed by atoms with van der Waals surface area (Å²) in [6, 6.07) is 0.454. The van der Waals surface area contributed by atoms with Crippen LogP contribution in [0.4, 0.5) is 0 Å². The molecule has 1 aliphatic rings. The molecule has 0 N–H and O–H groups in total. The van der Waals surface area contributed by atoms with E-state index in [4.69, 9.17) is 4.74 Å². The van der Waals surface area contributed by atoms with Gasteiger partial charge in [0, 0.05) is 25.2 Å². The molecule has 0 aromatic carbocycles. The van der Waals surface area contributed by atoms with Crippen molar-refractivity contribution in [2.45, 2.75) is 19.4 Å². The summed E-state index contributed by atoms with van der Waals surface area (Å²) in [4.78, 5) is 13.2. The quantitative estimate of drug-likeness (QED) is 0.512. The third kappa shape index (κ3) is 4.44. The Morgan fingerprint density at radius 1 is 1.53 bits per heavy atom. The van der Waals surface area contributed by atoms with Crippen molar-refractivity contribution in [3.8, 4) is 0 Å². The normalized spacial score (nSPS) is 20.4. The number of carbonyl (C=O) groups excluding carboxylic acids is 1. The lowest BCUT2D eigenvalue weighted by Gasteiger charge is -2.31. The van der Waals surface area contributed by atoms with Gasteiger partial charge < -0.3 is 9.47 Å². The first-order valence-corrected chi connectivity index (χ1v) is 5.30. The zero-order valence-electron chi connectivity index (χ0n) is 9.44. The van der Waals surface area contributed by atoms with Crippen LogP contribution in [0.2, 0.25) is 0 Å². The van der Waals surface area contributed by atoms with Crippen molar-refractivity contribution in [2.75, 3.05) is 33.4 Å². The van der Waals surface area contributed by atoms with Gasteiger partial charge in [-0.05, 0) is 13.3 Å². The van der Waals surface area contributed by atoms with Gasteiger partial charge >= 0.3 is 5.97 Å². The molecule has 1 saturated heterocycles. The second kappa shape index (κ2) is 6.58. The van der Waals surface area contributed by atoms with Gasteiger partial charge in [0.1, 0.15) is 0 Å². The average molecular weight is 213 g/mol. The highest BCUT2D eigenvalue weighted by Crippen LogP contribution is 2.07. The van der Waals surface area contributed by atoms with Gasteiger partial charge in [-0.2, -0.15) is 0 Å². The SMILES string of the molecule is COC(=O)/C=C/CC(C)N1CCOCC1. The maximum absolute atomic E-state index is 10.8. The number of nitrogens with zero attached hydrogens (tertiary/aromatic N) is 1. The Balaban J connectivity index is 2.25. The number of methoxy groups -OCH3 is 1. The van der Waals surface area contributed by atoms with Crippen molar-refractivity contribution in [3.63, 3.8) is 0 Å². The van der Waals surface area contributed by atoms with E-state index < -0.39 is 0 Å². The molecule has 1 rings (SSSR count). The molecule has 1 fully saturated rings. The molecule has 4 heteroatoms. The number of esters is 1. The fourth-order valence-electron chi connectivity index (χ4n) is 1.60. The Kier molecular flexibility index (Phi) is 5.36. The van der Waals surface area contributed by atoms with Crippen LogP contribution >= 0.6 is 0 Å². The summed E-state index contributed by atoms with van der Waals surface area (Å²) in [5, 5.41) is 0. The van der Waals surface area contributed by atoms with E-state index in [1.54, 1.807) is 0 Å². The lowest BCUT2D eigenvalue weighted by atomic mass is 10.2. The fraction of sp³-hybridized carbons (Fsp3) is 0.727. The number of rotatable bonds is 4. The van der Waals surface area contributed by atoms with E-state index in [1.165, 1.54) is 13.2 Å². The molecule has 86 valence electrons. The second-order valence-electron chi connectivity index (χ2n) is 3.66. The molecular weight excluding hydrogens is 194 g/mol. The molecule has 0 saturated carbocycles. The molecule has 0 radical (unpaired) electrons. The third-order valence-electron chi connectivity index (χ3n) is 2.60. The second-order valence-corrected chi connectivity index (χ2v) is 3.66. The van der Waals surface area contributed by atoms with Crippen LogP contribution in [0.5, 0.6) is 0 Å². The number of hydrogen-bond donors (Lipinski definition) is 0. The minimum Gasteiger partial charge on any atom is -0.466 e. The van der Waals surface area contributed by atoms with E-state index >= 15 is 0 Å². The molecule has 0 aliphatic carbocycles. The number of hydrogen-bond acceptors (Lipinski definition) is 4. The van der Waals surface area contributed by atoms with Crippen LogP contribution in [0, 0.1) is 0 Å². The van der Waals surface area contributed by atoms with Crippen LogP contribution in [0.15, 0.2) is 12.2 Å². The zero-order chi connectivity index (χ0) is 11.1. The van der Waals surface area contributed by atoms with Crippen molar-refractivity contribution >= 4 is 5.97 Å². The fourth-order valence-corrected chi connectivity index (χ4v) is 1.60. The molecule has 0 aromatic rings. The Bertz CT molecular complexity index is 222. The largest absolute Gasteiger partial charge is 0.466 e. The van der Waals surface area contributed by atoms with Crippen LogP contribution < -0.4 is 0 Å². The zero-order valence-corrected chi connectivity index (χ0v) is 9.44. The van der Waals surface area contributed by atoms with Crippen LogP contribution in [-0.2, 0) is 14.3 Å². The van der Waals surface area contributed by atoms with E-state index in [9.17, 15) is 4.79 Å². The first-order chi connectivity index (χ1) is 7.24. The van der Waals surface area contributed by atoms with Gasteiger partial charge in [0.05, 0.1) is 20.3 Å². The van der Waals surface area contributed by atoms with Crippen molar-refractivity contribution in [2.24, 2.45) is 0 Å². The minimum absolute atomic E-state index is 0.288. The van der Waals surface area contributed by atoms with Gasteiger partial charge in [0.25, 0.3) is 0 Å². The number of carbonyl (C=O) groups is 1. The van der Waals surface area contributed by atoms with E-state index in [0.717, 1.165) is 32.7 Å². The van der Waals surface area contributed by atoms with Gasteiger partial charge in [0.15, 0.2) is 0 Å². The monoisotopic (exact) mass is 213 g/mol. The Morgan fingerprint density at radius 3 is 2.80 bits per heavy atom. The maximum atomic E-state index is 10.8. The van der Waals surface area contributed by atoms with Crippen LogP contribution in [0.3, 0.4) is 0 Å². The van der Waals surface area contributed by atoms with E-state index in [0.29, 0.717) is 6.04 Å². The van der Waals surface area contributed by atoms with E-state index in [-0.39, 0.29) is 5.97 Å². The lowest BCUT2D eigenvalue weighted by Crippen LogP contribution is -2.41. The van der Waals surface area contributed by atoms with Crippen molar-refractivity contribution in [1.82, 2.24) is 4.90 Å². The summed E-state index contributed by atoms with van der Waals surface area (Å²) in [6.45, 7) is 5.74. The lowest BCUT2D eigenvalue weighted by molar-refractivity contribution is -0.134. The van der Waals surface area contributed by atoms with Crippen LogP contribution in [0.1, 0.15) is 13.3 Å². The number of morpholine rings is 1. The molecule has 0 bridgehead atoms. The maximum Gasteiger partial charge on any atom is 0.330 e. The van der Waals surface area contributed by atoms with Crippen molar-refractivity contribution < 1.29 is 14.3 Å². The molecule has 1 atom stereocenters. The Labute approximate surface area is 90.8 Å². The molecule has 1 aliphatic heterocycles. The molecular formula is C11H19NO3. The van der Waals surface area contributed by atoms with Gasteiger partial charge in [-0.1, -0.05) is 6.08 Å². The van der Waals surface area contributed by atoms with Gasteiger partial charge in [-0.15, -0.1) is 0 Å². The van der Waals surface area contributed by atoms with Crippen molar-refractivity contribution in [3.05, 3.63) is 12.2 Å². The molecule has 15 heavy (non-hydrogen) atoms. The summed E-state index contributed by atoms with van der Waals surface area (Å²) < 4.78 is 9.79. The molecule has 0 spiro atoms. The molecule has 0 aromatic heterocycles. The Morgan fingerprint density at radius 2 is 2.20 bits per heavy atom. The standard InChI is InChI=1S/C11H19NO3/c1-10(4-3-5-11(13)14-2)12-6-8-15-9-7-12/h3,5,10H,4,6-9H2,1-2H3/b5-3+. The summed E-state index contributed by atoms with van der Waals surface area (Å²) in [5.74, 6) is -0.288. The predicted molar refractivity (Wildman–Crippen MR) is 57.6 cm³/mol. The first kappa shape index (κ1) is 12.2. The van der Waals surface area contributed by atoms with E-state index in [2.05, 4.69) is 16.6 Å². The Hall–Kier alpha value is -0.870. The highest BCUT2D eigenvalue weighted by Gasteiger charge is 2.15. The molecule has 1 unspecified atom stereocenters. The van der Waals surface area contributed by atoms with Crippen LogP contribution in [-0.4, -0.2) is 50.3 Å². The molecule has 0 amide bonds. The summed E-state index contributed by atoms with van der Waals surface area (Å²) in [6.07, 6.45) is 4.22. The average Bonchev–Trinajstić information content (AvgIpc) is 2.29. The summed E-state index contributed by atoms with van der Waals surface area (Å²) in [7, 11) is 1.39. The molecule has 4 nitrogen and oxygen atoms in total. The molecule has 1 heterocycles. The summed E-state index contributed by atoms with van der Waals surface area (Å²) in [5.41, 5.74) is 0. The smallest absolute Gasteiger partial charge is 0.330 e. The third-order valence-corrected chi connectivity index (χ3v) is 2.60. The predicted octanol–water partition coefficient (Wildman–Crippen LogP) is 0.826. The van der Waals surface area contributed by atoms with Gasteiger partial charge in [-0.25, -0.2) is 4.79 Å².